The molecule has 0 aliphatic heterocycles. The molecule has 0 saturated carbocycles. The minimum atomic E-state index is -0.456. The van der Waals surface area contributed by atoms with Gasteiger partial charge in [0.1, 0.15) is 12.4 Å². The zero-order chi connectivity index (χ0) is 20.5. The predicted molar refractivity (Wildman–Crippen MR) is 113 cm³/mol. The lowest BCUT2D eigenvalue weighted by atomic mass is 10.2. The Labute approximate surface area is 180 Å². The Kier molecular flexibility index (Phi) is 8.45. The fourth-order valence-electron chi connectivity index (χ4n) is 2.01. The lowest BCUT2D eigenvalue weighted by Crippen LogP contribution is -2.24. The molecule has 1 N–H and O–H groups in total. The van der Waals surface area contributed by atoms with Crippen molar-refractivity contribution in [3.8, 4) is 29.6 Å². The first-order chi connectivity index (χ1) is 13.4. The largest absolute Gasteiger partial charge is 0.493 e. The minimum absolute atomic E-state index is 0.107. The molecule has 28 heavy (non-hydrogen) atoms. The Balaban J connectivity index is 1.95. The minimum Gasteiger partial charge on any atom is -0.493 e. The quantitative estimate of drug-likeness (QED) is 0.343. The van der Waals surface area contributed by atoms with Crippen LogP contribution in [-0.2, 0) is 4.79 Å². The third kappa shape index (κ3) is 6.34. The molecule has 9 heteroatoms. The first-order valence-electron chi connectivity index (χ1n) is 7.78. The third-order valence-electron chi connectivity index (χ3n) is 3.21. The average Bonchev–Trinajstić information content (AvgIpc) is 2.66. The molecule has 2 aromatic carbocycles. The number of hydrogen-bond donors (Lipinski definition) is 1. The van der Waals surface area contributed by atoms with Crippen LogP contribution in [0.4, 0.5) is 0 Å². The van der Waals surface area contributed by atoms with E-state index in [-0.39, 0.29) is 13.2 Å². The van der Waals surface area contributed by atoms with E-state index in [1.54, 1.807) is 24.3 Å². The number of amides is 1. The number of methoxy groups -OCH3 is 1. The summed E-state index contributed by atoms with van der Waals surface area (Å²) in [5.74, 6) is 3.23. The van der Waals surface area contributed by atoms with Crippen LogP contribution in [0.1, 0.15) is 5.56 Å². The number of nitrogens with zero attached hydrogens (tertiary/aromatic N) is 1. The Morgan fingerprint density at radius 1 is 1.29 bits per heavy atom. The highest BCUT2D eigenvalue weighted by molar-refractivity contribution is 9.10. The molecule has 0 fully saturated rings. The first-order valence-corrected chi connectivity index (χ1v) is 9.33. The summed E-state index contributed by atoms with van der Waals surface area (Å²) < 4.78 is 16.7. The monoisotopic (exact) mass is 484 g/mol. The van der Waals surface area contributed by atoms with E-state index in [4.69, 9.17) is 43.8 Å². The van der Waals surface area contributed by atoms with Crippen LogP contribution in [0.2, 0.25) is 10.0 Å². The number of hydrazone groups is 1. The molecule has 6 nitrogen and oxygen atoms in total. The van der Waals surface area contributed by atoms with Gasteiger partial charge in [-0.3, -0.25) is 4.79 Å². The van der Waals surface area contributed by atoms with Crippen molar-refractivity contribution in [2.45, 2.75) is 0 Å². The molecule has 0 bridgehead atoms. The maximum absolute atomic E-state index is 11.9. The van der Waals surface area contributed by atoms with Gasteiger partial charge in [-0.1, -0.05) is 29.1 Å². The van der Waals surface area contributed by atoms with Crippen LogP contribution in [0.3, 0.4) is 0 Å². The number of benzene rings is 2. The molecule has 0 aliphatic carbocycles. The van der Waals surface area contributed by atoms with Crippen molar-refractivity contribution in [2.75, 3.05) is 20.3 Å². The van der Waals surface area contributed by atoms with E-state index in [9.17, 15) is 4.79 Å². The highest BCUT2D eigenvalue weighted by Gasteiger charge is 2.11. The molecule has 0 aromatic heterocycles. The van der Waals surface area contributed by atoms with Crippen LogP contribution in [-0.4, -0.2) is 32.4 Å². The summed E-state index contributed by atoms with van der Waals surface area (Å²) >= 11 is 15.2. The third-order valence-corrected chi connectivity index (χ3v) is 4.33. The molecular formula is C19H15BrCl2N2O4. The molecule has 0 spiro atoms. The number of nitrogens with one attached hydrogen (secondary N) is 1. The molecular weight excluding hydrogens is 471 g/mol. The van der Waals surface area contributed by atoms with Crippen molar-refractivity contribution >= 4 is 51.3 Å². The maximum atomic E-state index is 11.9. The highest BCUT2D eigenvalue weighted by Crippen LogP contribution is 2.36. The second-order valence-electron chi connectivity index (χ2n) is 5.18. The summed E-state index contributed by atoms with van der Waals surface area (Å²) in [5.41, 5.74) is 3.03. The summed E-state index contributed by atoms with van der Waals surface area (Å²) in [5, 5.41) is 4.68. The fourth-order valence-corrected chi connectivity index (χ4v) is 3.05. The topological polar surface area (TPSA) is 69.2 Å². The standard InChI is InChI=1S/C19H15BrCl2N2O4/c1-3-6-27-19-14(20)7-12(8-17(19)26-2)10-23-24-18(25)11-28-16-5-4-13(21)9-15(16)22/h1,4-5,7-10H,6,11H2,2H3,(H,24,25)/b23-10-. The van der Waals surface area contributed by atoms with E-state index >= 15 is 0 Å². The smallest absolute Gasteiger partial charge is 0.277 e. The van der Waals surface area contributed by atoms with E-state index in [1.165, 1.54) is 19.4 Å². The Hall–Kier alpha value is -2.40. The fraction of sp³-hybridized carbons (Fsp3) is 0.158. The van der Waals surface area contributed by atoms with Gasteiger partial charge in [-0.05, 0) is 51.8 Å². The number of hydrogen-bond acceptors (Lipinski definition) is 5. The molecule has 2 aromatic rings. The maximum Gasteiger partial charge on any atom is 0.277 e. The van der Waals surface area contributed by atoms with Crippen molar-refractivity contribution in [3.05, 3.63) is 50.4 Å². The Bertz CT molecular complexity index is 929. The van der Waals surface area contributed by atoms with Crippen LogP contribution in [0, 0.1) is 12.3 Å². The molecule has 0 unspecified atom stereocenters. The zero-order valence-electron chi connectivity index (χ0n) is 14.7. The van der Waals surface area contributed by atoms with Gasteiger partial charge in [-0.2, -0.15) is 5.10 Å². The van der Waals surface area contributed by atoms with Gasteiger partial charge >= 0.3 is 0 Å². The number of ether oxygens (including phenoxy) is 3. The van der Waals surface area contributed by atoms with Crippen molar-refractivity contribution in [1.82, 2.24) is 5.43 Å². The van der Waals surface area contributed by atoms with E-state index in [1.807, 2.05) is 0 Å². The summed E-state index contributed by atoms with van der Waals surface area (Å²) in [7, 11) is 1.51. The number of rotatable bonds is 8. The molecule has 146 valence electrons. The van der Waals surface area contributed by atoms with Crippen LogP contribution < -0.4 is 19.6 Å². The van der Waals surface area contributed by atoms with Gasteiger partial charge in [-0.25, -0.2) is 5.43 Å². The number of carbonyl (C=O) groups is 1. The molecule has 0 atom stereocenters. The Morgan fingerprint density at radius 2 is 2.07 bits per heavy atom. The summed E-state index contributed by atoms with van der Waals surface area (Å²) in [6, 6.07) is 8.15. The molecule has 2 rings (SSSR count). The number of halogens is 3. The second kappa shape index (κ2) is 10.8. The molecule has 0 saturated heterocycles. The van der Waals surface area contributed by atoms with E-state index in [0.717, 1.165) is 0 Å². The van der Waals surface area contributed by atoms with Gasteiger partial charge in [0.25, 0.3) is 5.91 Å². The number of terminal acetylenes is 1. The lowest BCUT2D eigenvalue weighted by Gasteiger charge is -2.11. The molecule has 0 radical (unpaired) electrons. The summed E-state index contributed by atoms with van der Waals surface area (Å²) in [6.07, 6.45) is 6.65. The molecule has 0 aliphatic rings. The zero-order valence-corrected chi connectivity index (χ0v) is 17.8. The van der Waals surface area contributed by atoms with Crippen molar-refractivity contribution in [1.29, 1.82) is 0 Å². The first kappa shape index (κ1) is 21.9. The van der Waals surface area contributed by atoms with E-state index in [2.05, 4.69) is 32.4 Å². The average molecular weight is 486 g/mol. The van der Waals surface area contributed by atoms with Gasteiger partial charge in [0.15, 0.2) is 18.1 Å². The SMILES string of the molecule is C#CCOc1c(Br)cc(/C=N\NC(=O)COc2ccc(Cl)cc2Cl)cc1OC. The normalized spacial score (nSPS) is 10.4. The molecule has 1 amide bonds. The van der Waals surface area contributed by atoms with Crippen molar-refractivity contribution < 1.29 is 19.0 Å². The van der Waals surface area contributed by atoms with E-state index in [0.29, 0.717) is 37.3 Å². The Morgan fingerprint density at radius 3 is 2.75 bits per heavy atom. The summed E-state index contributed by atoms with van der Waals surface area (Å²) in [4.78, 5) is 11.9. The predicted octanol–water partition coefficient (Wildman–Crippen LogP) is 4.31. The second-order valence-corrected chi connectivity index (χ2v) is 6.88. The van der Waals surface area contributed by atoms with Gasteiger partial charge in [0.2, 0.25) is 0 Å². The van der Waals surface area contributed by atoms with Gasteiger partial charge < -0.3 is 14.2 Å². The van der Waals surface area contributed by atoms with E-state index < -0.39 is 5.91 Å². The summed E-state index contributed by atoms with van der Waals surface area (Å²) in [6.45, 7) is -0.152. The van der Waals surface area contributed by atoms with Crippen LogP contribution in [0.25, 0.3) is 0 Å². The van der Waals surface area contributed by atoms with Crippen molar-refractivity contribution in [2.24, 2.45) is 5.10 Å². The molecule has 0 heterocycles. The lowest BCUT2D eigenvalue weighted by molar-refractivity contribution is -0.123. The van der Waals surface area contributed by atoms with Gasteiger partial charge in [0, 0.05) is 5.02 Å². The van der Waals surface area contributed by atoms with Crippen LogP contribution >= 0.6 is 39.1 Å². The van der Waals surface area contributed by atoms with Gasteiger partial charge in [-0.15, -0.1) is 6.42 Å². The van der Waals surface area contributed by atoms with Crippen LogP contribution in [0.5, 0.6) is 17.2 Å². The highest BCUT2D eigenvalue weighted by atomic mass is 79.9. The van der Waals surface area contributed by atoms with Crippen LogP contribution in [0.15, 0.2) is 39.9 Å². The van der Waals surface area contributed by atoms with Gasteiger partial charge in [0.05, 0.1) is 22.8 Å². The number of carbonyl (C=O) groups excluding carboxylic acids is 1. The van der Waals surface area contributed by atoms with Crippen molar-refractivity contribution in [3.63, 3.8) is 0 Å².